The van der Waals surface area contributed by atoms with E-state index in [2.05, 4.69) is 15.3 Å². The third kappa shape index (κ3) is 3.70. The molecule has 1 N–H and O–H groups in total. The van der Waals surface area contributed by atoms with E-state index in [1.807, 2.05) is 31.2 Å². The van der Waals surface area contributed by atoms with Crippen LogP contribution in [0.4, 0.5) is 0 Å². The second-order valence-corrected chi connectivity index (χ2v) is 4.79. The lowest BCUT2D eigenvalue weighted by Crippen LogP contribution is -2.29. The van der Waals surface area contributed by atoms with Crippen molar-refractivity contribution in [2.45, 2.75) is 19.4 Å². The first kappa shape index (κ1) is 15.3. The van der Waals surface area contributed by atoms with E-state index in [-0.39, 0.29) is 22.8 Å². The van der Waals surface area contributed by atoms with Gasteiger partial charge in [-0.2, -0.15) is 0 Å². The van der Waals surface area contributed by atoms with Crippen LogP contribution >= 0.6 is 11.6 Å². The molecule has 21 heavy (non-hydrogen) atoms. The number of hydrogen-bond donors (Lipinski definition) is 1. The SMILES string of the molecule is CCC(NC(=O)c1cnc(Cl)cn1)c1ccccc1OC. The summed E-state index contributed by atoms with van der Waals surface area (Å²) in [6.45, 7) is 1.99. The van der Waals surface area contributed by atoms with Crippen LogP contribution in [-0.2, 0) is 0 Å². The third-order valence-corrected chi connectivity index (χ3v) is 3.28. The largest absolute Gasteiger partial charge is 0.496 e. The summed E-state index contributed by atoms with van der Waals surface area (Å²) in [6.07, 6.45) is 3.43. The van der Waals surface area contributed by atoms with Crippen molar-refractivity contribution < 1.29 is 9.53 Å². The van der Waals surface area contributed by atoms with Gasteiger partial charge >= 0.3 is 0 Å². The lowest BCUT2D eigenvalue weighted by atomic mass is 10.0. The fourth-order valence-electron chi connectivity index (χ4n) is 2.02. The molecule has 0 saturated heterocycles. The standard InChI is InChI=1S/C15H16ClN3O2/c1-3-11(10-6-4-5-7-13(10)21-2)19-15(20)12-8-18-14(16)9-17-12/h4-9,11H,3H2,1-2H3,(H,19,20). The third-order valence-electron chi connectivity index (χ3n) is 3.08. The number of halogens is 1. The molecule has 0 aliphatic carbocycles. The lowest BCUT2D eigenvalue weighted by molar-refractivity contribution is 0.0929. The molecule has 1 aromatic heterocycles. The van der Waals surface area contributed by atoms with E-state index >= 15 is 0 Å². The van der Waals surface area contributed by atoms with E-state index in [1.54, 1.807) is 7.11 Å². The van der Waals surface area contributed by atoms with E-state index < -0.39 is 0 Å². The van der Waals surface area contributed by atoms with Gasteiger partial charge in [0, 0.05) is 5.56 Å². The summed E-state index contributed by atoms with van der Waals surface area (Å²) in [5, 5.41) is 3.18. The van der Waals surface area contributed by atoms with E-state index in [9.17, 15) is 4.79 Å². The van der Waals surface area contributed by atoms with E-state index in [1.165, 1.54) is 12.4 Å². The smallest absolute Gasteiger partial charge is 0.271 e. The second-order valence-electron chi connectivity index (χ2n) is 4.40. The van der Waals surface area contributed by atoms with Gasteiger partial charge in [0.2, 0.25) is 0 Å². The Balaban J connectivity index is 2.19. The zero-order valence-corrected chi connectivity index (χ0v) is 12.6. The molecule has 1 amide bonds. The molecular formula is C15H16ClN3O2. The molecule has 6 heteroatoms. The van der Waals surface area contributed by atoms with E-state index in [0.717, 1.165) is 17.7 Å². The maximum atomic E-state index is 12.2. The van der Waals surface area contributed by atoms with Gasteiger partial charge < -0.3 is 10.1 Å². The number of ether oxygens (including phenoxy) is 1. The lowest BCUT2D eigenvalue weighted by Gasteiger charge is -2.19. The van der Waals surface area contributed by atoms with Crippen LogP contribution in [0, 0.1) is 0 Å². The summed E-state index contributed by atoms with van der Waals surface area (Å²) < 4.78 is 5.33. The highest BCUT2D eigenvalue weighted by atomic mass is 35.5. The average Bonchev–Trinajstić information content (AvgIpc) is 2.53. The quantitative estimate of drug-likeness (QED) is 0.922. The zero-order chi connectivity index (χ0) is 15.2. The second kappa shape index (κ2) is 7.04. The van der Waals surface area contributed by atoms with Crippen LogP contribution in [0.25, 0.3) is 0 Å². The Labute approximate surface area is 128 Å². The van der Waals surface area contributed by atoms with Gasteiger partial charge in [-0.25, -0.2) is 9.97 Å². The van der Waals surface area contributed by atoms with Gasteiger partial charge in [-0.05, 0) is 12.5 Å². The van der Waals surface area contributed by atoms with Gasteiger partial charge in [-0.15, -0.1) is 0 Å². The highest BCUT2D eigenvalue weighted by molar-refractivity contribution is 6.29. The fraction of sp³-hybridized carbons (Fsp3) is 0.267. The Kier molecular flexibility index (Phi) is 5.11. The van der Waals surface area contributed by atoms with Crippen LogP contribution in [0.1, 0.15) is 35.4 Å². The molecule has 0 bridgehead atoms. The minimum Gasteiger partial charge on any atom is -0.496 e. The van der Waals surface area contributed by atoms with Crippen molar-refractivity contribution in [2.24, 2.45) is 0 Å². The molecule has 0 spiro atoms. The van der Waals surface area contributed by atoms with E-state index in [4.69, 9.17) is 16.3 Å². The summed E-state index contributed by atoms with van der Waals surface area (Å²) in [6, 6.07) is 7.44. The Morgan fingerprint density at radius 1 is 1.33 bits per heavy atom. The first-order valence-electron chi connectivity index (χ1n) is 6.57. The maximum absolute atomic E-state index is 12.2. The van der Waals surface area contributed by atoms with E-state index in [0.29, 0.717) is 0 Å². The van der Waals surface area contributed by atoms with Crippen LogP contribution in [0.2, 0.25) is 5.15 Å². The number of nitrogens with one attached hydrogen (secondary N) is 1. The van der Waals surface area contributed by atoms with Crippen molar-refractivity contribution in [2.75, 3.05) is 7.11 Å². The number of para-hydroxylation sites is 1. The van der Waals surface area contributed by atoms with Crippen LogP contribution in [0.3, 0.4) is 0 Å². The number of rotatable bonds is 5. The van der Waals surface area contributed by atoms with Gasteiger partial charge in [0.1, 0.15) is 16.6 Å². The van der Waals surface area contributed by atoms with Gasteiger partial charge in [0.25, 0.3) is 5.91 Å². The van der Waals surface area contributed by atoms with Gasteiger partial charge in [-0.3, -0.25) is 4.79 Å². The highest BCUT2D eigenvalue weighted by Gasteiger charge is 2.18. The topological polar surface area (TPSA) is 64.1 Å². The fourth-order valence-corrected chi connectivity index (χ4v) is 2.11. The Bertz CT molecular complexity index is 617. The summed E-state index contributed by atoms with van der Waals surface area (Å²) in [4.78, 5) is 20.0. The first-order valence-corrected chi connectivity index (χ1v) is 6.94. The van der Waals surface area contributed by atoms with Gasteiger partial charge in [-0.1, -0.05) is 36.7 Å². The van der Waals surface area contributed by atoms with Crippen molar-refractivity contribution in [3.8, 4) is 5.75 Å². The maximum Gasteiger partial charge on any atom is 0.271 e. The van der Waals surface area contributed by atoms with Gasteiger partial charge in [0.15, 0.2) is 0 Å². The zero-order valence-electron chi connectivity index (χ0n) is 11.8. The molecular weight excluding hydrogens is 290 g/mol. The molecule has 0 aliphatic rings. The summed E-state index contributed by atoms with van der Waals surface area (Å²) in [7, 11) is 1.61. The Hall–Kier alpha value is -2.14. The number of aromatic nitrogens is 2. The van der Waals surface area contributed by atoms with Crippen molar-refractivity contribution in [1.82, 2.24) is 15.3 Å². The van der Waals surface area contributed by atoms with Crippen LogP contribution in [0.15, 0.2) is 36.7 Å². The first-order chi connectivity index (χ1) is 10.2. The molecule has 0 fully saturated rings. The number of methoxy groups -OCH3 is 1. The van der Waals surface area contributed by atoms with Crippen molar-refractivity contribution in [3.63, 3.8) is 0 Å². The number of benzene rings is 1. The predicted octanol–water partition coefficient (Wildman–Crippen LogP) is 3.02. The Morgan fingerprint density at radius 2 is 2.10 bits per heavy atom. The molecule has 2 aromatic rings. The highest BCUT2D eigenvalue weighted by Crippen LogP contribution is 2.26. The minimum absolute atomic E-state index is 0.161. The summed E-state index contributed by atoms with van der Waals surface area (Å²) in [5.74, 6) is 0.448. The molecule has 110 valence electrons. The Morgan fingerprint density at radius 3 is 2.71 bits per heavy atom. The number of carbonyl (C=O) groups excluding carboxylic acids is 1. The molecule has 2 rings (SSSR count). The monoisotopic (exact) mass is 305 g/mol. The normalized spacial score (nSPS) is 11.8. The molecule has 1 atom stereocenters. The summed E-state index contributed by atoms with van der Waals surface area (Å²) >= 11 is 5.66. The number of nitrogens with zero attached hydrogens (tertiary/aromatic N) is 2. The van der Waals surface area contributed by atoms with Crippen LogP contribution < -0.4 is 10.1 Å². The van der Waals surface area contributed by atoms with Crippen LogP contribution in [0.5, 0.6) is 5.75 Å². The molecule has 0 radical (unpaired) electrons. The number of hydrogen-bond acceptors (Lipinski definition) is 4. The minimum atomic E-state index is -0.295. The average molecular weight is 306 g/mol. The molecule has 0 aliphatic heterocycles. The number of carbonyl (C=O) groups is 1. The number of amides is 1. The predicted molar refractivity (Wildman–Crippen MR) is 80.5 cm³/mol. The molecule has 1 unspecified atom stereocenters. The van der Waals surface area contributed by atoms with Crippen molar-refractivity contribution in [1.29, 1.82) is 0 Å². The summed E-state index contributed by atoms with van der Waals surface area (Å²) in [5.41, 5.74) is 1.16. The molecule has 5 nitrogen and oxygen atoms in total. The van der Waals surface area contributed by atoms with Crippen molar-refractivity contribution >= 4 is 17.5 Å². The molecule has 1 heterocycles. The molecule has 1 aromatic carbocycles. The molecule has 0 saturated carbocycles. The van der Waals surface area contributed by atoms with Gasteiger partial charge in [0.05, 0.1) is 25.5 Å². The van der Waals surface area contributed by atoms with Crippen LogP contribution in [-0.4, -0.2) is 23.0 Å². The van der Waals surface area contributed by atoms with Crippen molar-refractivity contribution in [3.05, 3.63) is 53.1 Å².